The monoisotopic (exact) mass is 566 g/mol. The Balaban J connectivity index is 1.35. The normalized spacial score (nSPS) is 13.4. The highest BCUT2D eigenvalue weighted by molar-refractivity contribution is 5.96. The molecule has 0 aliphatic carbocycles. The molecular weight excluding hydrogens is 535 g/mol. The third-order valence-corrected chi connectivity index (χ3v) is 7.32. The highest BCUT2D eigenvalue weighted by Crippen LogP contribution is 2.34. The van der Waals surface area contributed by atoms with Crippen LogP contribution in [0.5, 0.6) is 0 Å². The fourth-order valence-corrected chi connectivity index (χ4v) is 5.29. The molecule has 6 nitrogen and oxygen atoms in total. The Kier molecular flexibility index (Phi) is 7.54. The first-order chi connectivity index (χ1) is 20.9. The molecule has 4 heterocycles. The minimum absolute atomic E-state index is 0.272. The molecule has 0 fully saturated rings. The smallest absolute Gasteiger partial charge is 0.124 e. The van der Waals surface area contributed by atoms with E-state index in [2.05, 4.69) is 50.8 Å². The van der Waals surface area contributed by atoms with Gasteiger partial charge >= 0.3 is 0 Å². The Morgan fingerprint density at radius 3 is 2.67 bits per heavy atom. The van der Waals surface area contributed by atoms with Crippen LogP contribution in [0.1, 0.15) is 33.6 Å². The topological polar surface area (TPSA) is 81.8 Å². The van der Waals surface area contributed by atoms with E-state index in [4.69, 9.17) is 4.98 Å². The Morgan fingerprint density at radius 2 is 1.88 bits per heavy atom. The van der Waals surface area contributed by atoms with Crippen LogP contribution in [-0.2, 0) is 0 Å². The molecule has 0 spiro atoms. The van der Waals surface area contributed by atoms with Crippen molar-refractivity contribution < 1.29 is 4.39 Å². The summed E-state index contributed by atoms with van der Waals surface area (Å²) >= 11 is 0. The van der Waals surface area contributed by atoms with Gasteiger partial charge in [-0.05, 0) is 66.5 Å². The predicted molar refractivity (Wildman–Crippen MR) is 175 cm³/mol. The van der Waals surface area contributed by atoms with E-state index in [1.54, 1.807) is 18.3 Å². The molecule has 2 aromatic carbocycles. The summed E-state index contributed by atoms with van der Waals surface area (Å²) in [5.74, 6) is -0.272. The van der Waals surface area contributed by atoms with E-state index < -0.39 is 0 Å². The van der Waals surface area contributed by atoms with Crippen molar-refractivity contribution in [2.24, 2.45) is 4.99 Å². The van der Waals surface area contributed by atoms with Gasteiger partial charge in [-0.3, -0.25) is 15.1 Å². The van der Waals surface area contributed by atoms with Crippen molar-refractivity contribution in [3.63, 3.8) is 0 Å². The molecule has 0 atom stereocenters. The number of H-pyrrole nitrogens is 2. The molecule has 0 amide bonds. The number of nitrogens with one attached hydrogen (secondary N) is 3. The van der Waals surface area contributed by atoms with Gasteiger partial charge in [0.2, 0.25) is 0 Å². The van der Waals surface area contributed by atoms with Crippen LogP contribution in [-0.4, -0.2) is 32.9 Å². The molecule has 0 saturated carbocycles. The molecular formula is C36H31FN6. The largest absolute Gasteiger partial charge is 0.357 e. The molecule has 1 aliphatic rings. The van der Waals surface area contributed by atoms with Crippen LogP contribution >= 0.6 is 0 Å². The average Bonchev–Trinajstić information content (AvgIpc) is 3.51. The molecule has 0 radical (unpaired) electrons. The van der Waals surface area contributed by atoms with Gasteiger partial charge in [-0.25, -0.2) is 4.39 Å². The Hall–Kier alpha value is -5.56. The van der Waals surface area contributed by atoms with Gasteiger partial charge < -0.3 is 10.3 Å². The third kappa shape index (κ3) is 5.78. The number of hydrogen-bond acceptors (Lipinski definition) is 4. The molecule has 43 heavy (non-hydrogen) atoms. The summed E-state index contributed by atoms with van der Waals surface area (Å²) in [6, 6.07) is 19.1. The summed E-state index contributed by atoms with van der Waals surface area (Å²) in [6.45, 7) is 12.5. The molecule has 0 saturated heterocycles. The van der Waals surface area contributed by atoms with Crippen molar-refractivity contribution in [2.75, 3.05) is 6.54 Å². The zero-order valence-corrected chi connectivity index (χ0v) is 24.1. The summed E-state index contributed by atoms with van der Waals surface area (Å²) < 4.78 is 14.3. The lowest BCUT2D eigenvalue weighted by molar-refractivity contribution is 0.626. The predicted octanol–water partition coefficient (Wildman–Crippen LogP) is 7.94. The lowest BCUT2D eigenvalue weighted by Crippen LogP contribution is -2.12. The zero-order chi connectivity index (χ0) is 29.9. The van der Waals surface area contributed by atoms with Gasteiger partial charge in [-0.2, -0.15) is 5.10 Å². The van der Waals surface area contributed by atoms with E-state index in [-0.39, 0.29) is 5.82 Å². The van der Waals surface area contributed by atoms with Gasteiger partial charge in [0.1, 0.15) is 11.5 Å². The third-order valence-electron chi connectivity index (χ3n) is 7.32. The SMILES string of the molecule is C=C/C=C(/c1cc(C)cc(F)c1)c1cc(-c2n[nH]c3cnc(C4=CCN=CC(NC(=C)c5ccccc5)=C4)cc23)[nH]c1C. The summed E-state index contributed by atoms with van der Waals surface area (Å²) in [5, 5.41) is 12.1. The van der Waals surface area contributed by atoms with E-state index in [9.17, 15) is 4.39 Å². The number of aryl methyl sites for hydroxylation is 2. The van der Waals surface area contributed by atoms with Gasteiger partial charge in [-0.15, -0.1) is 0 Å². The first-order valence-electron chi connectivity index (χ1n) is 14.0. The zero-order valence-electron chi connectivity index (χ0n) is 24.1. The molecule has 3 aromatic heterocycles. The maximum atomic E-state index is 14.3. The maximum Gasteiger partial charge on any atom is 0.124 e. The number of aromatic nitrogens is 4. The highest BCUT2D eigenvalue weighted by atomic mass is 19.1. The van der Waals surface area contributed by atoms with Crippen molar-refractivity contribution in [3.05, 3.63) is 149 Å². The first kappa shape index (κ1) is 27.6. The van der Waals surface area contributed by atoms with E-state index in [1.807, 2.05) is 74.7 Å². The van der Waals surface area contributed by atoms with Crippen molar-refractivity contribution in [3.8, 4) is 11.4 Å². The number of aliphatic imine (C=N–C) groups is 1. The van der Waals surface area contributed by atoms with E-state index >= 15 is 0 Å². The first-order valence-corrected chi connectivity index (χ1v) is 14.0. The standard InChI is InChI=1S/C36H31FN6/c1-5-9-30(27-14-22(2)15-28(37)16-27)31-18-34(41-24(31)4)36-32-19-33(39-21-35(32)42-43-36)26-12-13-38-20-29(17-26)40-23(3)25-10-7-6-8-11-25/h5-12,14-21,40-41H,1,3,13H2,2,4H3,(H,42,43)/b30-9-. The summed E-state index contributed by atoms with van der Waals surface area (Å²) in [6.07, 6.45) is 11.3. The van der Waals surface area contributed by atoms with Crippen molar-refractivity contribution >= 4 is 34.0 Å². The second kappa shape index (κ2) is 11.7. The fourth-order valence-electron chi connectivity index (χ4n) is 5.29. The lowest BCUT2D eigenvalue weighted by atomic mass is 9.96. The number of nitrogens with zero attached hydrogens (tertiary/aromatic N) is 3. The van der Waals surface area contributed by atoms with Crippen LogP contribution in [0.2, 0.25) is 0 Å². The highest BCUT2D eigenvalue weighted by Gasteiger charge is 2.18. The van der Waals surface area contributed by atoms with Crippen LogP contribution in [0, 0.1) is 19.7 Å². The van der Waals surface area contributed by atoms with Gasteiger partial charge in [0.15, 0.2) is 0 Å². The van der Waals surface area contributed by atoms with Crippen LogP contribution < -0.4 is 5.32 Å². The molecule has 212 valence electrons. The number of benzene rings is 2. The Morgan fingerprint density at radius 1 is 1.05 bits per heavy atom. The Labute approximate surface area is 249 Å². The van der Waals surface area contributed by atoms with E-state index in [1.165, 1.54) is 6.07 Å². The number of fused-ring (bicyclic) bond motifs is 1. The van der Waals surface area contributed by atoms with Crippen LogP contribution in [0.15, 0.2) is 115 Å². The van der Waals surface area contributed by atoms with Gasteiger partial charge in [0.25, 0.3) is 0 Å². The van der Waals surface area contributed by atoms with E-state index in [0.29, 0.717) is 6.54 Å². The lowest BCUT2D eigenvalue weighted by Gasteiger charge is -2.11. The van der Waals surface area contributed by atoms with Crippen LogP contribution in [0.25, 0.3) is 39.1 Å². The summed E-state index contributed by atoms with van der Waals surface area (Å²) in [4.78, 5) is 12.7. The molecule has 6 rings (SSSR count). The fraction of sp³-hybridized carbons (Fsp3) is 0.0833. The summed E-state index contributed by atoms with van der Waals surface area (Å²) in [5.41, 5.74) is 11.2. The van der Waals surface area contributed by atoms with Gasteiger partial charge in [-0.1, -0.05) is 67.8 Å². The molecule has 0 unspecified atom stereocenters. The van der Waals surface area contributed by atoms with Crippen molar-refractivity contribution in [1.29, 1.82) is 0 Å². The second-order valence-corrected chi connectivity index (χ2v) is 10.5. The number of allylic oxidation sites excluding steroid dienone is 5. The maximum absolute atomic E-state index is 14.3. The molecule has 3 N–H and O–H groups in total. The molecule has 5 aromatic rings. The van der Waals surface area contributed by atoms with Gasteiger partial charge in [0, 0.05) is 34.1 Å². The van der Waals surface area contributed by atoms with E-state index in [0.717, 1.165) is 78.5 Å². The van der Waals surface area contributed by atoms with Crippen LogP contribution in [0.4, 0.5) is 4.39 Å². The average molecular weight is 567 g/mol. The van der Waals surface area contributed by atoms with Crippen molar-refractivity contribution in [2.45, 2.75) is 13.8 Å². The minimum atomic E-state index is -0.272. The van der Waals surface area contributed by atoms with Crippen LogP contribution in [0.3, 0.4) is 0 Å². The number of hydrogen-bond donors (Lipinski definition) is 3. The van der Waals surface area contributed by atoms with Crippen molar-refractivity contribution in [1.82, 2.24) is 25.5 Å². The molecule has 7 heteroatoms. The number of rotatable bonds is 8. The second-order valence-electron chi connectivity index (χ2n) is 10.5. The minimum Gasteiger partial charge on any atom is -0.357 e. The molecule has 0 bridgehead atoms. The Bertz CT molecular complexity index is 1960. The quantitative estimate of drug-likeness (QED) is 0.167. The summed E-state index contributed by atoms with van der Waals surface area (Å²) in [7, 11) is 0. The molecule has 1 aliphatic heterocycles. The number of halogens is 1. The van der Waals surface area contributed by atoms with Gasteiger partial charge in [0.05, 0.1) is 35.3 Å². The number of aromatic amines is 2. The number of pyridine rings is 1.